The van der Waals surface area contributed by atoms with Crippen LogP contribution in [0.1, 0.15) is 39.9 Å². The topological polar surface area (TPSA) is 80.4 Å². The molecule has 4 aromatic carbocycles. The highest BCUT2D eigenvalue weighted by molar-refractivity contribution is 6.11. The molecule has 0 fully saturated rings. The van der Waals surface area contributed by atoms with Crippen LogP contribution in [-0.2, 0) is 11.3 Å². The fourth-order valence-electron chi connectivity index (χ4n) is 5.26. The molecule has 1 aliphatic rings. The van der Waals surface area contributed by atoms with Crippen molar-refractivity contribution < 1.29 is 19.1 Å². The average molecular weight is 517 g/mol. The zero-order valence-electron chi connectivity index (χ0n) is 21.5. The minimum absolute atomic E-state index is 0.0407. The Bertz CT molecular complexity index is 1610. The van der Waals surface area contributed by atoms with Crippen LogP contribution in [0.3, 0.4) is 0 Å². The predicted molar refractivity (Wildman–Crippen MR) is 151 cm³/mol. The van der Waals surface area contributed by atoms with Crippen LogP contribution in [-0.4, -0.2) is 29.5 Å². The van der Waals surface area contributed by atoms with Gasteiger partial charge in [0.1, 0.15) is 19.0 Å². The highest BCUT2D eigenvalue weighted by Crippen LogP contribution is 2.44. The summed E-state index contributed by atoms with van der Waals surface area (Å²) in [5.41, 5.74) is 6.98. The van der Waals surface area contributed by atoms with Gasteiger partial charge in [0.25, 0.3) is 0 Å². The number of nitrogens with one attached hydrogen (secondary N) is 2. The second kappa shape index (κ2) is 10.5. The highest BCUT2D eigenvalue weighted by Gasteiger charge is 2.29. The third-order valence-electron chi connectivity index (χ3n) is 7.24. The molecule has 6 rings (SSSR count). The van der Waals surface area contributed by atoms with Crippen molar-refractivity contribution in [3.8, 4) is 16.9 Å². The first-order chi connectivity index (χ1) is 19.1. The normalized spacial score (nSPS) is 12.9. The number of carbonyl (C=O) groups excluding carboxylic acids is 2. The van der Waals surface area contributed by atoms with E-state index in [1.54, 1.807) is 13.1 Å². The van der Waals surface area contributed by atoms with Crippen LogP contribution in [0.15, 0.2) is 103 Å². The van der Waals surface area contributed by atoms with Gasteiger partial charge in [0.15, 0.2) is 5.78 Å². The van der Waals surface area contributed by atoms with Crippen molar-refractivity contribution >= 4 is 22.8 Å². The van der Waals surface area contributed by atoms with Gasteiger partial charge in [0.2, 0.25) is 0 Å². The van der Waals surface area contributed by atoms with Crippen LogP contribution in [0.4, 0.5) is 4.79 Å². The molecule has 6 heteroatoms. The van der Waals surface area contributed by atoms with Crippen LogP contribution in [0.2, 0.25) is 0 Å². The molecule has 39 heavy (non-hydrogen) atoms. The fraction of sp³-hybridized carbons (Fsp3) is 0.152. The van der Waals surface area contributed by atoms with Crippen molar-refractivity contribution in [1.82, 2.24) is 10.3 Å². The molecule has 6 nitrogen and oxygen atoms in total. The van der Waals surface area contributed by atoms with Gasteiger partial charge in [-0.15, -0.1) is 0 Å². The van der Waals surface area contributed by atoms with E-state index >= 15 is 0 Å². The molecule has 1 aromatic heterocycles. The van der Waals surface area contributed by atoms with Gasteiger partial charge in [-0.2, -0.15) is 0 Å². The Morgan fingerprint density at radius 1 is 0.872 bits per heavy atom. The van der Waals surface area contributed by atoms with Crippen molar-refractivity contribution in [1.29, 1.82) is 0 Å². The first kappa shape index (κ1) is 24.5. The molecule has 1 heterocycles. The summed E-state index contributed by atoms with van der Waals surface area (Å²) in [5, 5.41) is 3.48. The Labute approximate surface area is 226 Å². The fourth-order valence-corrected chi connectivity index (χ4v) is 5.26. The third-order valence-corrected chi connectivity index (χ3v) is 7.24. The number of ketones is 1. The summed E-state index contributed by atoms with van der Waals surface area (Å²) in [6, 6.07) is 31.1. The minimum Gasteiger partial charge on any atom is -0.489 e. The Hall–Kier alpha value is -4.84. The van der Waals surface area contributed by atoms with Gasteiger partial charge in [-0.05, 0) is 46.9 Å². The van der Waals surface area contributed by atoms with Gasteiger partial charge in [0, 0.05) is 34.6 Å². The lowest BCUT2D eigenvalue weighted by Gasteiger charge is -2.16. The summed E-state index contributed by atoms with van der Waals surface area (Å²) >= 11 is 0. The van der Waals surface area contributed by atoms with Gasteiger partial charge in [-0.3, -0.25) is 4.79 Å². The number of aromatic nitrogens is 1. The van der Waals surface area contributed by atoms with E-state index in [1.165, 1.54) is 11.1 Å². The first-order valence-electron chi connectivity index (χ1n) is 13.0. The molecule has 5 aromatic rings. The van der Waals surface area contributed by atoms with Crippen LogP contribution < -0.4 is 10.1 Å². The monoisotopic (exact) mass is 516 g/mol. The first-order valence-corrected chi connectivity index (χ1v) is 13.0. The number of aromatic amines is 1. The van der Waals surface area contributed by atoms with Crippen LogP contribution in [0.25, 0.3) is 22.0 Å². The average Bonchev–Trinajstić information content (AvgIpc) is 3.54. The number of ether oxygens (including phenoxy) is 2. The summed E-state index contributed by atoms with van der Waals surface area (Å²) in [4.78, 5) is 29.1. The number of fused-ring (bicyclic) bond motifs is 4. The summed E-state index contributed by atoms with van der Waals surface area (Å²) in [6.45, 7) is 2.32. The second-order valence-corrected chi connectivity index (χ2v) is 9.74. The van der Waals surface area contributed by atoms with E-state index in [1.807, 2.05) is 72.8 Å². The van der Waals surface area contributed by atoms with Gasteiger partial charge >= 0.3 is 6.09 Å². The van der Waals surface area contributed by atoms with Crippen molar-refractivity contribution in [3.63, 3.8) is 0 Å². The zero-order valence-corrected chi connectivity index (χ0v) is 21.5. The molecule has 1 amide bonds. The summed E-state index contributed by atoms with van der Waals surface area (Å²) in [5.74, 6) is 0.464. The number of hydrogen-bond acceptors (Lipinski definition) is 4. The summed E-state index contributed by atoms with van der Waals surface area (Å²) in [6.07, 6.45) is 1.05. The molecule has 0 spiro atoms. The Morgan fingerprint density at radius 3 is 2.26 bits per heavy atom. The van der Waals surface area contributed by atoms with Crippen molar-refractivity contribution in [2.75, 3.05) is 6.61 Å². The number of hydrogen-bond donors (Lipinski definition) is 2. The number of Topliss-reactive ketones (excluding diaryl/α,β-unsaturated/α-hetero) is 1. The molecule has 0 saturated heterocycles. The lowest BCUT2D eigenvalue weighted by atomic mass is 9.98. The number of carbonyl (C=O) groups is 2. The minimum atomic E-state index is -0.756. The molecule has 2 N–H and O–H groups in total. The lowest BCUT2D eigenvalue weighted by molar-refractivity contribution is 0.0931. The van der Waals surface area contributed by atoms with Gasteiger partial charge in [-0.25, -0.2) is 4.79 Å². The number of rotatable bonds is 8. The van der Waals surface area contributed by atoms with E-state index < -0.39 is 12.1 Å². The number of H-pyrrole nitrogens is 1. The number of alkyl carbamates (subject to hydrolysis) is 1. The van der Waals surface area contributed by atoms with Gasteiger partial charge < -0.3 is 19.8 Å². The molecule has 1 atom stereocenters. The van der Waals surface area contributed by atoms with Crippen molar-refractivity contribution in [2.24, 2.45) is 0 Å². The van der Waals surface area contributed by atoms with Gasteiger partial charge in [-0.1, -0.05) is 78.9 Å². The number of amides is 1. The third kappa shape index (κ3) is 4.89. The maximum absolute atomic E-state index is 13.2. The van der Waals surface area contributed by atoms with Crippen molar-refractivity contribution in [3.05, 3.63) is 126 Å². The molecular weight excluding hydrogens is 488 g/mol. The van der Waals surface area contributed by atoms with E-state index in [0.29, 0.717) is 17.9 Å². The van der Waals surface area contributed by atoms with E-state index in [-0.39, 0.29) is 18.3 Å². The molecule has 0 radical (unpaired) electrons. The second-order valence-electron chi connectivity index (χ2n) is 9.74. The quantitative estimate of drug-likeness (QED) is 0.221. The molecule has 1 unspecified atom stereocenters. The van der Waals surface area contributed by atoms with E-state index in [0.717, 1.165) is 27.6 Å². The molecule has 0 saturated carbocycles. The van der Waals surface area contributed by atoms with E-state index in [2.05, 4.69) is 34.6 Å². The maximum Gasteiger partial charge on any atom is 0.407 e. The summed E-state index contributed by atoms with van der Waals surface area (Å²) < 4.78 is 11.5. The smallest absolute Gasteiger partial charge is 0.407 e. The largest absolute Gasteiger partial charge is 0.489 e. The Kier molecular flexibility index (Phi) is 6.59. The SMILES string of the molecule is CC(NC(=O)OCC1c2ccccc2-c2ccccc21)C(=O)c1c[nH]c2cc(OCc3ccccc3)ccc12. The molecular formula is C33H28N2O4. The van der Waals surface area contributed by atoms with Crippen molar-refractivity contribution in [2.45, 2.75) is 25.5 Å². The van der Waals surface area contributed by atoms with E-state index in [9.17, 15) is 9.59 Å². The standard InChI is InChI=1S/C33H28N2O4/c1-21(35-33(37)39-20-30-26-13-7-5-11-24(26)25-12-6-8-14-27(25)30)32(36)29-18-34-31-17-23(15-16-28(29)31)38-19-22-9-3-2-4-10-22/h2-18,21,30,34H,19-20H2,1H3,(H,35,37). The predicted octanol–water partition coefficient (Wildman–Crippen LogP) is 6.86. The van der Waals surface area contributed by atoms with Crippen LogP contribution in [0.5, 0.6) is 5.75 Å². The highest BCUT2D eigenvalue weighted by atomic mass is 16.5. The summed E-state index contributed by atoms with van der Waals surface area (Å²) in [7, 11) is 0. The van der Waals surface area contributed by atoms with Gasteiger partial charge in [0.05, 0.1) is 6.04 Å². The Balaban J connectivity index is 1.08. The van der Waals surface area contributed by atoms with E-state index in [4.69, 9.17) is 9.47 Å². The molecule has 0 bridgehead atoms. The Morgan fingerprint density at radius 2 is 1.54 bits per heavy atom. The molecule has 194 valence electrons. The van der Waals surface area contributed by atoms with Crippen LogP contribution >= 0.6 is 0 Å². The maximum atomic E-state index is 13.2. The molecule has 1 aliphatic carbocycles. The molecule has 0 aliphatic heterocycles. The zero-order chi connectivity index (χ0) is 26.8. The number of benzene rings is 4. The lowest BCUT2D eigenvalue weighted by Crippen LogP contribution is -2.39. The van der Waals surface area contributed by atoms with Crippen LogP contribution in [0, 0.1) is 0 Å².